The average Bonchev–Trinajstić information content (AvgIpc) is 2.51. The maximum Gasteiger partial charge on any atom is 0.170 e. The molecule has 0 amide bonds. The topological polar surface area (TPSA) is 155 Å². The normalized spacial score (nSPS) is 8.32. The van der Waals surface area contributed by atoms with Gasteiger partial charge in [-0.15, -0.1) is 40.8 Å². The van der Waals surface area contributed by atoms with Crippen molar-refractivity contribution in [1.82, 2.24) is 61.4 Å². The summed E-state index contributed by atoms with van der Waals surface area (Å²) in [6, 6.07) is 0. The highest BCUT2D eigenvalue weighted by Crippen LogP contribution is 1.75. The van der Waals surface area contributed by atoms with E-state index in [0.29, 0.717) is 11.6 Å². The van der Waals surface area contributed by atoms with Crippen molar-refractivity contribution in [3.63, 3.8) is 0 Å². The molecule has 0 unspecified atom stereocenters. The fourth-order valence-corrected chi connectivity index (χ4v) is 0.760. The van der Waals surface area contributed by atoms with Crippen LogP contribution in [0.4, 0.5) is 0 Å². The predicted molar refractivity (Wildman–Crippen MR) is 73.8 cm³/mol. The molecule has 0 N–H and O–H groups in total. The smallest absolute Gasteiger partial charge is 0.170 e. The summed E-state index contributed by atoms with van der Waals surface area (Å²) >= 11 is 0. The minimum Gasteiger partial charge on any atom is -0.218 e. The third-order valence-corrected chi connectivity index (χ3v) is 1.58. The summed E-state index contributed by atoms with van der Waals surface area (Å²) in [6.45, 7) is 5.30. The molecule has 116 valence electrons. The standard InChI is InChI=1S/3C3H4N4.CH4/c1-3-6-4-2-5-7-3;1-3-4-2-5-7-6-3;1-3-2-4-6-7-5-3;/h3*2H,1H3;1H4. The van der Waals surface area contributed by atoms with Crippen LogP contribution < -0.4 is 0 Å². The molecule has 0 aliphatic carbocycles. The number of aromatic nitrogens is 12. The Morgan fingerprint density at radius 3 is 1.64 bits per heavy atom. The van der Waals surface area contributed by atoms with E-state index in [1.54, 1.807) is 20.0 Å². The van der Waals surface area contributed by atoms with Crippen molar-refractivity contribution in [2.75, 3.05) is 0 Å². The van der Waals surface area contributed by atoms with Crippen LogP contribution in [-0.4, -0.2) is 61.4 Å². The third-order valence-electron chi connectivity index (χ3n) is 1.58. The number of nitrogens with zero attached hydrogens (tertiary/aromatic N) is 12. The average molecular weight is 304 g/mol. The molecule has 3 heterocycles. The van der Waals surface area contributed by atoms with Gasteiger partial charge in [-0.1, -0.05) is 7.43 Å². The zero-order chi connectivity index (χ0) is 15.3. The first-order valence-corrected chi connectivity index (χ1v) is 5.60. The second-order valence-electron chi connectivity index (χ2n) is 3.36. The maximum atomic E-state index is 3.69. The first-order chi connectivity index (χ1) is 10.2. The molecule has 0 aromatic carbocycles. The van der Waals surface area contributed by atoms with Gasteiger partial charge in [-0.2, -0.15) is 0 Å². The molecule has 12 nitrogen and oxygen atoms in total. The fourth-order valence-electron chi connectivity index (χ4n) is 0.760. The summed E-state index contributed by atoms with van der Waals surface area (Å²) in [6.07, 6.45) is 4.21. The number of hydrogen-bond donors (Lipinski definition) is 0. The Hall–Kier alpha value is -3.18. The quantitative estimate of drug-likeness (QED) is 0.518. The van der Waals surface area contributed by atoms with Crippen molar-refractivity contribution in [3.8, 4) is 0 Å². The molecule has 0 bridgehead atoms. The zero-order valence-corrected chi connectivity index (χ0v) is 11.6. The van der Waals surface area contributed by atoms with Gasteiger partial charge in [0.05, 0.1) is 11.9 Å². The lowest BCUT2D eigenvalue weighted by molar-refractivity contribution is 0.742. The predicted octanol–water partition coefficient (Wildman–Crippen LogP) is -0.639. The van der Waals surface area contributed by atoms with Gasteiger partial charge in [0.15, 0.2) is 18.0 Å². The first-order valence-electron chi connectivity index (χ1n) is 5.60. The minimum absolute atomic E-state index is 0. The van der Waals surface area contributed by atoms with E-state index < -0.39 is 0 Å². The Morgan fingerprint density at radius 1 is 0.636 bits per heavy atom. The lowest BCUT2D eigenvalue weighted by Crippen LogP contribution is -1.90. The summed E-state index contributed by atoms with van der Waals surface area (Å²) in [7, 11) is 0. The van der Waals surface area contributed by atoms with Gasteiger partial charge in [-0.05, 0) is 36.4 Å². The van der Waals surface area contributed by atoms with Crippen molar-refractivity contribution < 1.29 is 0 Å². The summed E-state index contributed by atoms with van der Waals surface area (Å²) in [4.78, 5) is 3.69. The first kappa shape index (κ1) is 18.8. The molecule has 0 radical (unpaired) electrons. The van der Waals surface area contributed by atoms with Gasteiger partial charge in [0.25, 0.3) is 0 Å². The number of aryl methyl sites for hydroxylation is 3. The highest BCUT2D eigenvalue weighted by Gasteiger charge is 1.79. The van der Waals surface area contributed by atoms with E-state index in [4.69, 9.17) is 0 Å². The van der Waals surface area contributed by atoms with E-state index in [2.05, 4.69) is 61.4 Å². The van der Waals surface area contributed by atoms with E-state index in [-0.39, 0.29) is 7.43 Å². The summed E-state index contributed by atoms with van der Waals surface area (Å²) in [5.74, 6) is 1.25. The molecule has 3 aromatic rings. The molecule has 3 aromatic heterocycles. The van der Waals surface area contributed by atoms with E-state index in [0.717, 1.165) is 5.69 Å². The molecular formula is C10H16N12. The molecule has 22 heavy (non-hydrogen) atoms. The molecule has 0 spiro atoms. The summed E-state index contributed by atoms with van der Waals surface area (Å²) in [5.41, 5.74) is 0.787. The molecule has 0 atom stereocenters. The number of rotatable bonds is 0. The van der Waals surface area contributed by atoms with Gasteiger partial charge in [0.1, 0.15) is 6.33 Å². The fraction of sp³-hybridized carbons (Fsp3) is 0.400. The summed E-state index contributed by atoms with van der Waals surface area (Å²) in [5, 5.41) is 37.8. The molecular weight excluding hydrogens is 288 g/mol. The van der Waals surface area contributed by atoms with Gasteiger partial charge in [0, 0.05) is 0 Å². The zero-order valence-electron chi connectivity index (χ0n) is 11.6. The lowest BCUT2D eigenvalue weighted by atomic mass is 10.6. The Balaban J connectivity index is 0.000000294. The van der Waals surface area contributed by atoms with E-state index >= 15 is 0 Å². The highest BCUT2D eigenvalue weighted by atomic mass is 15.4. The molecule has 0 saturated heterocycles. The molecule has 0 aliphatic rings. The van der Waals surface area contributed by atoms with E-state index in [9.17, 15) is 0 Å². The van der Waals surface area contributed by atoms with Gasteiger partial charge in [0.2, 0.25) is 0 Å². The van der Waals surface area contributed by atoms with Gasteiger partial charge >= 0.3 is 0 Å². The molecule has 0 aliphatic heterocycles. The SMILES string of the molecule is C.Cc1cnnnn1.Cc1ncnnn1.Cc1nncnn1. The van der Waals surface area contributed by atoms with Crippen LogP contribution in [0.25, 0.3) is 0 Å². The van der Waals surface area contributed by atoms with Crippen LogP contribution in [0.1, 0.15) is 24.8 Å². The lowest BCUT2D eigenvalue weighted by Gasteiger charge is -1.78. The van der Waals surface area contributed by atoms with Crippen LogP contribution in [0.2, 0.25) is 0 Å². The second-order valence-corrected chi connectivity index (χ2v) is 3.36. The van der Waals surface area contributed by atoms with Crippen molar-refractivity contribution >= 4 is 0 Å². The van der Waals surface area contributed by atoms with E-state index in [1.165, 1.54) is 12.7 Å². The monoisotopic (exact) mass is 304 g/mol. The number of hydrogen-bond acceptors (Lipinski definition) is 12. The van der Waals surface area contributed by atoms with Crippen molar-refractivity contribution in [2.24, 2.45) is 0 Å². The van der Waals surface area contributed by atoms with Crippen LogP contribution in [0, 0.1) is 20.8 Å². The molecule has 3 rings (SSSR count). The van der Waals surface area contributed by atoms with Gasteiger partial charge < -0.3 is 0 Å². The van der Waals surface area contributed by atoms with Gasteiger partial charge in [-0.25, -0.2) is 4.98 Å². The maximum absolute atomic E-state index is 3.69. The highest BCUT2D eigenvalue weighted by molar-refractivity contribution is 4.81. The largest absolute Gasteiger partial charge is 0.218 e. The Bertz CT molecular complexity index is 501. The Morgan fingerprint density at radius 2 is 1.36 bits per heavy atom. The Labute approximate surface area is 126 Å². The summed E-state index contributed by atoms with van der Waals surface area (Å²) < 4.78 is 0. The Kier molecular flexibility index (Phi) is 9.95. The third kappa shape index (κ3) is 9.71. The van der Waals surface area contributed by atoms with Crippen LogP contribution in [0.15, 0.2) is 18.9 Å². The molecule has 12 heteroatoms. The van der Waals surface area contributed by atoms with Crippen molar-refractivity contribution in [1.29, 1.82) is 0 Å². The molecule has 0 fully saturated rings. The van der Waals surface area contributed by atoms with Crippen molar-refractivity contribution in [3.05, 3.63) is 36.2 Å². The van der Waals surface area contributed by atoms with Crippen LogP contribution in [-0.2, 0) is 0 Å². The van der Waals surface area contributed by atoms with Gasteiger partial charge in [-0.3, -0.25) is 0 Å². The van der Waals surface area contributed by atoms with Crippen molar-refractivity contribution in [2.45, 2.75) is 28.2 Å². The second kappa shape index (κ2) is 11.6. The van der Waals surface area contributed by atoms with Crippen LogP contribution in [0.3, 0.4) is 0 Å². The molecule has 0 saturated carbocycles. The minimum atomic E-state index is 0. The van der Waals surface area contributed by atoms with E-state index in [1.807, 2.05) is 6.92 Å². The van der Waals surface area contributed by atoms with Crippen LogP contribution in [0.5, 0.6) is 0 Å². The van der Waals surface area contributed by atoms with Crippen LogP contribution >= 0.6 is 0 Å².